The summed E-state index contributed by atoms with van der Waals surface area (Å²) in [6.07, 6.45) is 2.42. The summed E-state index contributed by atoms with van der Waals surface area (Å²) in [6, 6.07) is 5.36. The molecule has 0 spiro atoms. The van der Waals surface area contributed by atoms with Crippen LogP contribution in [0.2, 0.25) is 5.35 Å². The van der Waals surface area contributed by atoms with Crippen LogP contribution in [0.5, 0.6) is 0 Å². The number of benzene rings is 1. The first kappa shape index (κ1) is 11.5. The van der Waals surface area contributed by atoms with E-state index in [9.17, 15) is 4.79 Å². The van der Waals surface area contributed by atoms with Crippen molar-refractivity contribution >= 4 is 28.6 Å². The van der Waals surface area contributed by atoms with Gasteiger partial charge in [-0.15, -0.1) is 0 Å². The van der Waals surface area contributed by atoms with Crippen molar-refractivity contribution < 1.29 is 9.21 Å². The molecule has 18 heavy (non-hydrogen) atoms. The summed E-state index contributed by atoms with van der Waals surface area (Å²) >= 11 is 5.67. The van der Waals surface area contributed by atoms with Gasteiger partial charge in [-0.2, -0.15) is 4.98 Å². The summed E-state index contributed by atoms with van der Waals surface area (Å²) in [4.78, 5) is 16.0. The predicted octanol–water partition coefficient (Wildman–Crippen LogP) is 3.01. The third-order valence-electron chi connectivity index (χ3n) is 3.31. The minimum absolute atomic E-state index is 0.0737. The van der Waals surface area contributed by atoms with Gasteiger partial charge in [0.25, 0.3) is 11.3 Å². The molecule has 1 aliphatic rings. The van der Waals surface area contributed by atoms with Gasteiger partial charge in [0, 0.05) is 11.6 Å². The third kappa shape index (κ3) is 2.20. The van der Waals surface area contributed by atoms with Gasteiger partial charge in [-0.25, -0.2) is 0 Å². The van der Waals surface area contributed by atoms with Crippen molar-refractivity contribution in [1.82, 2.24) is 10.3 Å². The van der Waals surface area contributed by atoms with E-state index in [1.54, 1.807) is 18.2 Å². The zero-order valence-electron chi connectivity index (χ0n) is 9.94. The lowest BCUT2D eigenvalue weighted by Gasteiger charge is -2.12. The number of fused-ring (bicyclic) bond motifs is 1. The molecule has 1 heterocycles. The average molecular weight is 265 g/mol. The fourth-order valence-electron chi connectivity index (χ4n) is 2.04. The van der Waals surface area contributed by atoms with E-state index in [4.69, 9.17) is 16.0 Å². The average Bonchev–Trinajstić information content (AvgIpc) is 3.10. The first-order valence-corrected chi connectivity index (χ1v) is 6.38. The number of amides is 1. The second-order valence-corrected chi connectivity index (χ2v) is 5.07. The summed E-state index contributed by atoms with van der Waals surface area (Å²) in [5.41, 5.74) is 1.78. The van der Waals surface area contributed by atoms with Gasteiger partial charge in [0.15, 0.2) is 5.58 Å². The van der Waals surface area contributed by atoms with Gasteiger partial charge in [-0.3, -0.25) is 4.79 Å². The first-order valence-electron chi connectivity index (χ1n) is 6.00. The van der Waals surface area contributed by atoms with Gasteiger partial charge in [0.2, 0.25) is 0 Å². The van der Waals surface area contributed by atoms with Crippen LogP contribution in [0.4, 0.5) is 0 Å². The van der Waals surface area contributed by atoms with E-state index >= 15 is 0 Å². The zero-order valence-corrected chi connectivity index (χ0v) is 10.7. The highest BCUT2D eigenvalue weighted by Crippen LogP contribution is 2.32. The molecule has 0 unspecified atom stereocenters. The largest absolute Gasteiger partial charge is 0.428 e. The summed E-state index contributed by atoms with van der Waals surface area (Å²) in [5.74, 6) is 0.564. The lowest BCUT2D eigenvalue weighted by atomic mass is 10.1. The minimum atomic E-state index is -0.0737. The summed E-state index contributed by atoms with van der Waals surface area (Å²) in [5, 5.41) is 3.09. The Labute approximate surface area is 109 Å². The number of hydrogen-bond donors (Lipinski definition) is 1. The second-order valence-electron chi connectivity index (χ2n) is 4.75. The second kappa shape index (κ2) is 4.28. The van der Waals surface area contributed by atoms with E-state index in [1.807, 2.05) is 6.92 Å². The Kier molecular flexibility index (Phi) is 2.74. The monoisotopic (exact) mass is 264 g/mol. The van der Waals surface area contributed by atoms with Crippen molar-refractivity contribution in [1.29, 1.82) is 0 Å². The molecule has 0 saturated heterocycles. The fraction of sp³-hybridized carbons (Fsp3) is 0.385. The van der Waals surface area contributed by atoms with Gasteiger partial charge >= 0.3 is 0 Å². The molecule has 0 bridgehead atoms. The van der Waals surface area contributed by atoms with E-state index in [2.05, 4.69) is 10.3 Å². The number of halogens is 1. The van der Waals surface area contributed by atoms with Gasteiger partial charge in [0.05, 0.1) is 0 Å². The van der Waals surface area contributed by atoms with Crippen LogP contribution in [0.3, 0.4) is 0 Å². The van der Waals surface area contributed by atoms with Crippen LogP contribution < -0.4 is 5.32 Å². The molecule has 1 aromatic heterocycles. The molecule has 2 aromatic rings. The summed E-state index contributed by atoms with van der Waals surface area (Å²) < 4.78 is 5.15. The number of nitrogens with one attached hydrogen (secondary N) is 1. The maximum Gasteiger partial charge on any atom is 0.293 e. The quantitative estimate of drug-likeness (QED) is 0.927. The van der Waals surface area contributed by atoms with Crippen molar-refractivity contribution in [2.75, 3.05) is 0 Å². The molecule has 1 aliphatic carbocycles. The van der Waals surface area contributed by atoms with Gasteiger partial charge in [0.1, 0.15) is 5.52 Å². The van der Waals surface area contributed by atoms with Crippen molar-refractivity contribution in [2.24, 2.45) is 5.92 Å². The predicted molar refractivity (Wildman–Crippen MR) is 68.7 cm³/mol. The van der Waals surface area contributed by atoms with Crippen LogP contribution in [0.1, 0.15) is 30.1 Å². The molecule has 4 nitrogen and oxygen atoms in total. The van der Waals surface area contributed by atoms with Gasteiger partial charge in [-0.05, 0) is 55.5 Å². The molecule has 1 fully saturated rings. The van der Waals surface area contributed by atoms with Crippen LogP contribution >= 0.6 is 11.6 Å². The first-order chi connectivity index (χ1) is 8.63. The molecule has 94 valence electrons. The van der Waals surface area contributed by atoms with E-state index in [1.165, 1.54) is 12.8 Å². The Morgan fingerprint density at radius 2 is 2.33 bits per heavy atom. The zero-order chi connectivity index (χ0) is 12.7. The fourth-order valence-corrected chi connectivity index (χ4v) is 2.22. The van der Waals surface area contributed by atoms with Gasteiger partial charge in [-0.1, -0.05) is 0 Å². The number of hydrogen-bond acceptors (Lipinski definition) is 3. The maximum atomic E-state index is 12.0. The Balaban J connectivity index is 1.81. The molecule has 3 rings (SSSR count). The van der Waals surface area contributed by atoms with Crippen LogP contribution in [0.25, 0.3) is 11.1 Å². The van der Waals surface area contributed by atoms with Crippen molar-refractivity contribution in [3.8, 4) is 0 Å². The van der Waals surface area contributed by atoms with E-state index in [-0.39, 0.29) is 17.3 Å². The summed E-state index contributed by atoms with van der Waals surface area (Å²) in [7, 11) is 0. The molecule has 1 atom stereocenters. The van der Waals surface area contributed by atoms with Crippen LogP contribution in [-0.4, -0.2) is 16.9 Å². The molecular weight excluding hydrogens is 252 g/mol. The van der Waals surface area contributed by atoms with Crippen LogP contribution in [-0.2, 0) is 0 Å². The molecular formula is C13H13ClN2O2. The van der Waals surface area contributed by atoms with E-state index in [0.717, 1.165) is 0 Å². The van der Waals surface area contributed by atoms with Crippen LogP contribution in [0.15, 0.2) is 22.6 Å². The molecule has 0 aliphatic heterocycles. The standard InChI is InChI=1S/C13H13ClN2O2/c1-7(8-2-3-8)15-12(17)9-4-5-11-10(6-9)16-13(14)18-11/h4-8H,2-3H2,1H3,(H,15,17)/t7-/m1/s1. The Morgan fingerprint density at radius 3 is 3.06 bits per heavy atom. The molecule has 5 heteroatoms. The lowest BCUT2D eigenvalue weighted by Crippen LogP contribution is -2.33. The SMILES string of the molecule is C[C@@H](NC(=O)c1ccc2oc(Cl)nc2c1)C1CC1. The maximum absolute atomic E-state index is 12.0. The number of aromatic nitrogens is 1. The molecule has 0 radical (unpaired) electrons. The van der Waals surface area contributed by atoms with Crippen LogP contribution in [0, 0.1) is 5.92 Å². The summed E-state index contributed by atoms with van der Waals surface area (Å²) in [6.45, 7) is 2.04. The topological polar surface area (TPSA) is 55.1 Å². The highest BCUT2D eigenvalue weighted by Gasteiger charge is 2.29. The van der Waals surface area contributed by atoms with Crippen molar-refractivity contribution in [3.05, 3.63) is 29.1 Å². The number of carbonyl (C=O) groups is 1. The Hall–Kier alpha value is -1.55. The number of oxazole rings is 1. The normalized spacial score (nSPS) is 16.8. The highest BCUT2D eigenvalue weighted by molar-refractivity contribution is 6.28. The van der Waals surface area contributed by atoms with Gasteiger partial charge < -0.3 is 9.73 Å². The number of carbonyl (C=O) groups excluding carboxylic acids is 1. The Morgan fingerprint density at radius 1 is 1.56 bits per heavy atom. The van der Waals surface area contributed by atoms with E-state index in [0.29, 0.717) is 22.6 Å². The van der Waals surface area contributed by atoms with E-state index < -0.39 is 0 Å². The molecule has 1 saturated carbocycles. The molecule has 1 amide bonds. The molecule has 1 N–H and O–H groups in total. The van der Waals surface area contributed by atoms with Crippen molar-refractivity contribution in [3.63, 3.8) is 0 Å². The smallest absolute Gasteiger partial charge is 0.293 e. The number of nitrogens with zero attached hydrogens (tertiary/aromatic N) is 1. The third-order valence-corrected chi connectivity index (χ3v) is 3.47. The highest BCUT2D eigenvalue weighted by atomic mass is 35.5. The van der Waals surface area contributed by atoms with Crippen molar-refractivity contribution in [2.45, 2.75) is 25.8 Å². The lowest BCUT2D eigenvalue weighted by molar-refractivity contribution is 0.0936. The number of rotatable bonds is 3. The minimum Gasteiger partial charge on any atom is -0.428 e. The Bertz CT molecular complexity index is 604. The molecule has 1 aromatic carbocycles.